The molecule has 0 aliphatic rings. The molecule has 0 atom stereocenters. The van der Waals surface area contributed by atoms with E-state index in [0.717, 1.165) is 132 Å². The molecule has 0 fully saturated rings. The average Bonchev–Trinajstić information content (AvgIpc) is 0.703. The monoisotopic (exact) mass is 1550 g/mol. The van der Waals surface area contributed by atoms with E-state index in [9.17, 15) is 6.00 Å². The Morgan fingerprint density at radius 2 is 0.258 bits per heavy atom. The van der Waals surface area contributed by atoms with Gasteiger partial charge >= 0.3 is 560 Å². The third kappa shape index (κ3) is 12.4. The van der Waals surface area contributed by atoms with Crippen molar-refractivity contribution in [3.05, 3.63) is 259 Å². The van der Waals surface area contributed by atoms with Crippen LogP contribution in [0.1, 0.15) is 150 Å². The number of hydrogen-bond acceptors (Lipinski definition) is 4. The van der Waals surface area contributed by atoms with Crippen LogP contribution in [0, 0.1) is 187 Å². The minimum atomic E-state index is -6.46. The normalized spacial score (nSPS) is 12.4. The molecule has 0 saturated carbocycles. The molecule has 0 N–H and O–H groups in total. The Morgan fingerprint density at radius 1 is 0.180 bits per heavy atom. The van der Waals surface area contributed by atoms with E-state index in [1.54, 1.807) is 0 Å². The van der Waals surface area contributed by atoms with E-state index in [0.29, 0.717) is 0 Å². The van der Waals surface area contributed by atoms with Gasteiger partial charge in [-0.2, -0.15) is 0 Å². The Hall–Kier alpha value is -4.36. The standard InChI is InChI=1S/9C9H11.4O.3Sn.V/c9*1-7-4-8(2)6-9(3)5-7;;;;;;;;/h9*4-5H,1-3H3;;;;;;;;. The summed E-state index contributed by atoms with van der Waals surface area (Å²) in [4.78, 5) is 0. The van der Waals surface area contributed by atoms with Crippen LogP contribution >= 0.6 is 0 Å². The maximum absolute atomic E-state index is 20.6. The molecule has 9 aromatic rings. The zero-order chi connectivity index (χ0) is 65.6. The van der Waals surface area contributed by atoms with Crippen molar-refractivity contribution in [1.82, 2.24) is 0 Å². The molecule has 9 rings (SSSR count). The molecule has 0 spiro atoms. The van der Waals surface area contributed by atoms with Gasteiger partial charge in [0.15, 0.2) is 0 Å². The van der Waals surface area contributed by atoms with Crippen LogP contribution in [0.3, 0.4) is 0 Å². The van der Waals surface area contributed by atoms with Gasteiger partial charge in [0, 0.05) is 0 Å². The second-order valence-electron chi connectivity index (χ2n) is 27.7. The van der Waals surface area contributed by atoms with Gasteiger partial charge in [-0.1, -0.05) is 0 Å². The van der Waals surface area contributed by atoms with Gasteiger partial charge < -0.3 is 0 Å². The predicted octanol–water partition coefficient (Wildman–Crippen LogP) is 14.6. The summed E-state index contributed by atoms with van der Waals surface area (Å²) >= 11 is -23.7. The van der Waals surface area contributed by atoms with Gasteiger partial charge in [-0.15, -0.1) is 0 Å². The molecule has 0 amide bonds. The first-order chi connectivity index (χ1) is 41.5. The fraction of sp³-hybridized carbons (Fsp3) is 0.333. The van der Waals surface area contributed by atoms with Crippen molar-refractivity contribution in [1.29, 1.82) is 0 Å². The van der Waals surface area contributed by atoms with E-state index < -0.39 is 71.4 Å². The van der Waals surface area contributed by atoms with Crippen molar-refractivity contribution in [3.8, 4) is 0 Å². The van der Waals surface area contributed by atoms with Crippen molar-refractivity contribution in [2.45, 2.75) is 187 Å². The van der Waals surface area contributed by atoms with Crippen LogP contribution in [0.5, 0.6) is 0 Å². The van der Waals surface area contributed by atoms with E-state index in [1.807, 2.05) is 0 Å². The summed E-state index contributed by atoms with van der Waals surface area (Å²) in [6, 6.07) is 42.2. The second kappa shape index (κ2) is 25.9. The van der Waals surface area contributed by atoms with Gasteiger partial charge in [0.1, 0.15) is 0 Å². The van der Waals surface area contributed by atoms with Gasteiger partial charge in [0.25, 0.3) is 0 Å². The summed E-state index contributed by atoms with van der Waals surface area (Å²) < 4.78 is 59.0. The molecule has 0 aromatic heterocycles. The molecule has 89 heavy (non-hydrogen) atoms. The summed E-state index contributed by atoms with van der Waals surface area (Å²) in [7, 11) is 0. The van der Waals surface area contributed by atoms with Crippen molar-refractivity contribution in [2.24, 2.45) is 0 Å². The average molecular weight is 1540 g/mol. The van der Waals surface area contributed by atoms with Gasteiger partial charge in [0.2, 0.25) is 0 Å². The Labute approximate surface area is 553 Å². The zero-order valence-electron chi connectivity index (χ0n) is 59.0. The van der Waals surface area contributed by atoms with Crippen LogP contribution in [0.2, 0.25) is 0 Å². The van der Waals surface area contributed by atoms with Gasteiger partial charge in [-0.25, -0.2) is 0 Å². The van der Waals surface area contributed by atoms with E-state index in [-0.39, 0.29) is 0 Å². The third-order valence-electron chi connectivity index (χ3n) is 19.0. The first kappa shape index (κ1) is 69.0. The summed E-state index contributed by atoms with van der Waals surface area (Å²) in [5.41, 5.74) is 30.9. The van der Waals surface area contributed by atoms with Crippen LogP contribution in [0.15, 0.2) is 109 Å². The topological polar surface area (TPSA) is 44.8 Å². The Balaban J connectivity index is 1.69. The van der Waals surface area contributed by atoms with Gasteiger partial charge in [-0.3, -0.25) is 0 Å². The van der Waals surface area contributed by atoms with Crippen molar-refractivity contribution >= 4 is 88.6 Å². The van der Waals surface area contributed by atoms with Crippen LogP contribution in [-0.2, 0) is 24.7 Å². The molecule has 4 nitrogen and oxygen atoms in total. The molecular formula is C81H99O4Sn3V. The van der Waals surface area contributed by atoms with E-state index in [2.05, 4.69) is 296 Å². The number of aryl methyl sites for hydroxylation is 27. The molecular weight excluding hydrogens is 1440 g/mol. The SMILES string of the molecule is Cc1cc(C)[c]([Sn]([O][V](=[O])([O][Sn]([c]2c(C)cc(C)cc2C)([c]2c(C)cc(C)cc2C)[c]2c(C)cc(C)cc2C)[O][Sn]([c]2c(C)cc(C)cc2C)([c]2c(C)cc(C)cc2C)[c]2c(C)cc(C)cc2C)([c]2c(C)cc(C)cc2C)[c]2c(C)cc(C)cc2C)c(C)c1. The molecule has 0 bridgehead atoms. The summed E-state index contributed by atoms with van der Waals surface area (Å²) in [5, 5.41) is 0. The first-order valence-electron chi connectivity index (χ1n) is 32.0. The van der Waals surface area contributed by atoms with Crippen LogP contribution in [-0.4, -0.2) is 56.4 Å². The van der Waals surface area contributed by atoms with Crippen LogP contribution in [0.4, 0.5) is 0 Å². The summed E-state index contributed by atoms with van der Waals surface area (Å²) in [6.07, 6.45) is 0. The molecule has 0 saturated heterocycles. The van der Waals surface area contributed by atoms with Crippen molar-refractivity contribution in [2.75, 3.05) is 0 Å². The maximum atomic E-state index is 20.6. The van der Waals surface area contributed by atoms with E-state index >= 15 is 3.67 Å². The van der Waals surface area contributed by atoms with Crippen molar-refractivity contribution in [3.63, 3.8) is 0 Å². The Kier molecular flexibility index (Phi) is 20.0. The fourth-order valence-corrected chi connectivity index (χ4v) is 91.1. The molecule has 9 aromatic carbocycles. The van der Waals surface area contributed by atoms with E-state index in [4.69, 9.17) is 0 Å². The van der Waals surface area contributed by atoms with Crippen molar-refractivity contribution < 1.29 is 24.7 Å². The van der Waals surface area contributed by atoms with Gasteiger partial charge in [0.05, 0.1) is 0 Å². The second-order valence-corrected chi connectivity index (χ2v) is 60.9. The minimum absolute atomic E-state index is 1.13. The Bertz CT molecular complexity index is 3360. The quantitative estimate of drug-likeness (QED) is 0.0960. The summed E-state index contributed by atoms with van der Waals surface area (Å²) in [5.74, 6) is 0. The molecule has 0 aliphatic carbocycles. The predicted molar refractivity (Wildman–Crippen MR) is 384 cm³/mol. The molecule has 0 aliphatic heterocycles. The first-order valence-corrected chi connectivity index (χ1v) is 50.6. The fourth-order valence-electron chi connectivity index (χ4n) is 17.7. The third-order valence-corrected chi connectivity index (χ3v) is 77.2. The molecule has 0 radical (unpaired) electrons. The van der Waals surface area contributed by atoms with E-state index in [1.165, 1.54) is 50.1 Å². The number of rotatable bonds is 15. The van der Waals surface area contributed by atoms with Gasteiger partial charge in [-0.05, 0) is 0 Å². The number of benzene rings is 9. The molecule has 8 heteroatoms. The van der Waals surface area contributed by atoms with Crippen LogP contribution in [0.25, 0.3) is 0 Å². The Morgan fingerprint density at radius 3 is 0.337 bits per heavy atom. The summed E-state index contributed by atoms with van der Waals surface area (Å²) in [6.45, 7) is 60.9. The molecule has 0 unspecified atom stereocenters. The van der Waals surface area contributed by atoms with Crippen LogP contribution < -0.4 is 32.2 Å². The molecule has 464 valence electrons. The zero-order valence-corrected chi connectivity index (χ0v) is 68.9. The molecule has 0 heterocycles. The number of hydrogen-bond donors (Lipinski definition) is 0.